The van der Waals surface area contributed by atoms with E-state index in [1.165, 1.54) is 186 Å². The van der Waals surface area contributed by atoms with Crippen molar-refractivity contribution >= 4 is 5.91 Å². The molecule has 0 spiro atoms. The van der Waals surface area contributed by atoms with Gasteiger partial charge in [-0.1, -0.05) is 237 Å². The molecule has 5 nitrogen and oxygen atoms in total. The lowest BCUT2D eigenvalue weighted by atomic mass is 10.0. The third-order valence-electron chi connectivity index (χ3n) is 11.2. The van der Waals surface area contributed by atoms with Gasteiger partial charge < -0.3 is 20.6 Å². The van der Waals surface area contributed by atoms with E-state index < -0.39 is 18.2 Å². The Balaban J connectivity index is 3.69. The minimum atomic E-state index is -0.958. The van der Waals surface area contributed by atoms with Gasteiger partial charge in [0.05, 0.1) is 31.3 Å². The van der Waals surface area contributed by atoms with Crippen LogP contribution < -0.4 is 5.32 Å². The van der Waals surface area contributed by atoms with Crippen LogP contribution in [-0.2, 0) is 4.79 Å². The number of carbonyl (C=O) groups is 1. The van der Waals surface area contributed by atoms with Crippen LogP contribution in [0.2, 0.25) is 0 Å². The van der Waals surface area contributed by atoms with Crippen molar-refractivity contribution in [3.63, 3.8) is 0 Å². The quantitative estimate of drug-likeness (QED) is 0.0367. The summed E-state index contributed by atoms with van der Waals surface area (Å²) in [7, 11) is 0. The highest BCUT2D eigenvalue weighted by molar-refractivity contribution is 5.76. The SMILES string of the molecule is CCCCCCCCCCCCC/C=C/CC/C=C/CC/C=C/C(O)C(CO)NC(=O)CC(O)CCCCCCCCCCCCCCCCCCCCC. The summed E-state index contributed by atoms with van der Waals surface area (Å²) in [5.41, 5.74) is 0. The Morgan fingerprint density at radius 1 is 0.455 bits per heavy atom. The molecule has 0 aliphatic carbocycles. The van der Waals surface area contributed by atoms with Gasteiger partial charge in [-0.25, -0.2) is 0 Å². The number of rotatable bonds is 44. The first-order chi connectivity index (χ1) is 27.0. The zero-order valence-corrected chi connectivity index (χ0v) is 36.8. The lowest BCUT2D eigenvalue weighted by Gasteiger charge is -2.21. The Morgan fingerprint density at radius 2 is 0.782 bits per heavy atom. The molecule has 0 aromatic carbocycles. The molecule has 0 saturated carbocycles. The molecule has 55 heavy (non-hydrogen) atoms. The minimum absolute atomic E-state index is 0.00528. The van der Waals surface area contributed by atoms with E-state index in [-0.39, 0.29) is 18.9 Å². The first-order valence-corrected chi connectivity index (χ1v) is 24.3. The zero-order chi connectivity index (χ0) is 40.1. The van der Waals surface area contributed by atoms with Crippen molar-refractivity contribution < 1.29 is 20.1 Å². The first kappa shape index (κ1) is 53.6. The Labute approximate surface area is 343 Å². The summed E-state index contributed by atoms with van der Waals surface area (Å²) in [4.78, 5) is 12.5. The molecule has 0 heterocycles. The fourth-order valence-corrected chi connectivity index (χ4v) is 7.43. The Morgan fingerprint density at radius 3 is 1.16 bits per heavy atom. The van der Waals surface area contributed by atoms with Gasteiger partial charge in [0.25, 0.3) is 0 Å². The Kier molecular flexibility index (Phi) is 44.1. The molecule has 0 aliphatic heterocycles. The van der Waals surface area contributed by atoms with Gasteiger partial charge in [-0.15, -0.1) is 0 Å². The summed E-state index contributed by atoms with van der Waals surface area (Å²) in [6, 6.07) is -0.765. The van der Waals surface area contributed by atoms with E-state index in [0.717, 1.165) is 38.5 Å². The van der Waals surface area contributed by atoms with Crippen LogP contribution in [0, 0.1) is 0 Å². The molecule has 4 N–H and O–H groups in total. The number of allylic oxidation sites excluding steroid dienone is 5. The average molecular weight is 774 g/mol. The van der Waals surface area contributed by atoms with E-state index in [0.29, 0.717) is 6.42 Å². The van der Waals surface area contributed by atoms with Crippen LogP contribution in [0.15, 0.2) is 36.5 Å². The molecule has 0 bridgehead atoms. The van der Waals surface area contributed by atoms with Crippen molar-refractivity contribution in [1.29, 1.82) is 0 Å². The van der Waals surface area contributed by atoms with E-state index in [2.05, 4.69) is 43.5 Å². The summed E-state index contributed by atoms with van der Waals surface area (Å²) in [5.74, 6) is -0.326. The van der Waals surface area contributed by atoms with Crippen molar-refractivity contribution in [2.24, 2.45) is 0 Å². The summed E-state index contributed by atoms with van der Waals surface area (Å²) in [6.07, 6.45) is 57.3. The number of nitrogens with one attached hydrogen (secondary N) is 1. The number of unbranched alkanes of at least 4 members (excludes halogenated alkanes) is 31. The second-order valence-corrected chi connectivity index (χ2v) is 16.7. The number of hydrogen-bond donors (Lipinski definition) is 4. The maximum atomic E-state index is 12.5. The number of amides is 1. The molecule has 3 atom stereocenters. The number of hydrogen-bond acceptors (Lipinski definition) is 4. The highest BCUT2D eigenvalue weighted by atomic mass is 16.3. The fraction of sp³-hybridized carbons (Fsp3) is 0.860. The number of carbonyl (C=O) groups excluding carboxylic acids is 1. The van der Waals surface area contributed by atoms with Gasteiger partial charge in [0, 0.05) is 0 Å². The molecule has 0 aromatic rings. The van der Waals surface area contributed by atoms with Gasteiger partial charge >= 0.3 is 0 Å². The van der Waals surface area contributed by atoms with Gasteiger partial charge in [0.2, 0.25) is 5.91 Å². The molecule has 0 radical (unpaired) electrons. The van der Waals surface area contributed by atoms with Crippen LogP contribution >= 0.6 is 0 Å². The predicted molar refractivity (Wildman–Crippen MR) is 241 cm³/mol. The molecule has 0 saturated heterocycles. The highest BCUT2D eigenvalue weighted by Gasteiger charge is 2.20. The second-order valence-electron chi connectivity index (χ2n) is 16.7. The van der Waals surface area contributed by atoms with Crippen LogP contribution in [0.25, 0.3) is 0 Å². The number of aliphatic hydroxyl groups excluding tert-OH is 3. The maximum absolute atomic E-state index is 12.5. The van der Waals surface area contributed by atoms with Gasteiger partial charge in [-0.3, -0.25) is 4.79 Å². The smallest absolute Gasteiger partial charge is 0.222 e. The predicted octanol–water partition coefficient (Wildman–Crippen LogP) is 14.3. The van der Waals surface area contributed by atoms with E-state index in [4.69, 9.17) is 0 Å². The monoisotopic (exact) mass is 774 g/mol. The lowest BCUT2D eigenvalue weighted by molar-refractivity contribution is -0.124. The van der Waals surface area contributed by atoms with Gasteiger partial charge in [-0.2, -0.15) is 0 Å². The normalized spacial score (nSPS) is 13.8. The van der Waals surface area contributed by atoms with Gasteiger partial charge in [0.15, 0.2) is 0 Å². The first-order valence-electron chi connectivity index (χ1n) is 24.3. The highest BCUT2D eigenvalue weighted by Crippen LogP contribution is 2.16. The lowest BCUT2D eigenvalue weighted by Crippen LogP contribution is -2.45. The minimum Gasteiger partial charge on any atom is -0.394 e. The topological polar surface area (TPSA) is 89.8 Å². The van der Waals surface area contributed by atoms with Crippen LogP contribution in [0.1, 0.15) is 251 Å². The largest absolute Gasteiger partial charge is 0.394 e. The third-order valence-corrected chi connectivity index (χ3v) is 11.2. The maximum Gasteiger partial charge on any atom is 0.222 e. The molecule has 3 unspecified atom stereocenters. The summed E-state index contributed by atoms with van der Waals surface area (Å²) < 4.78 is 0. The van der Waals surface area contributed by atoms with Crippen LogP contribution in [0.4, 0.5) is 0 Å². The summed E-state index contributed by atoms with van der Waals surface area (Å²) >= 11 is 0. The Hall–Kier alpha value is -1.43. The molecule has 0 aliphatic rings. The zero-order valence-electron chi connectivity index (χ0n) is 36.8. The van der Waals surface area contributed by atoms with Crippen LogP contribution in [0.3, 0.4) is 0 Å². The molecular weight excluding hydrogens is 679 g/mol. The molecule has 324 valence electrons. The average Bonchev–Trinajstić information content (AvgIpc) is 3.18. The molecule has 1 amide bonds. The molecule has 0 rings (SSSR count). The van der Waals surface area contributed by atoms with Crippen molar-refractivity contribution in [3.8, 4) is 0 Å². The van der Waals surface area contributed by atoms with Crippen LogP contribution in [-0.4, -0.2) is 46.1 Å². The van der Waals surface area contributed by atoms with E-state index in [9.17, 15) is 20.1 Å². The van der Waals surface area contributed by atoms with Gasteiger partial charge in [-0.05, 0) is 44.9 Å². The Bertz CT molecular complexity index is 855. The van der Waals surface area contributed by atoms with E-state index >= 15 is 0 Å². The number of aliphatic hydroxyl groups is 3. The van der Waals surface area contributed by atoms with Crippen molar-refractivity contribution in [2.45, 2.75) is 270 Å². The fourth-order valence-electron chi connectivity index (χ4n) is 7.43. The molecular formula is C50H95NO4. The van der Waals surface area contributed by atoms with E-state index in [1.54, 1.807) is 6.08 Å². The molecule has 0 fully saturated rings. The summed E-state index contributed by atoms with van der Waals surface area (Å²) in [5, 5.41) is 33.3. The molecule has 5 heteroatoms. The third kappa shape index (κ3) is 42.0. The van der Waals surface area contributed by atoms with Crippen molar-refractivity contribution in [1.82, 2.24) is 5.32 Å². The molecule has 0 aromatic heterocycles. The van der Waals surface area contributed by atoms with Crippen LogP contribution in [0.5, 0.6) is 0 Å². The van der Waals surface area contributed by atoms with Crippen molar-refractivity contribution in [2.75, 3.05) is 6.61 Å². The standard InChI is InChI=1S/C50H95NO4/c1-3-5-7-9-11-13-15-17-19-21-23-24-26-28-30-32-34-36-38-40-42-44-49(54)48(46-52)51-50(55)45-47(53)43-41-39-37-35-33-31-29-27-25-22-20-18-16-14-12-10-8-6-4-2/h26,28,34,36,42,44,47-49,52-54H,3-25,27,29-33,35,37-41,43,45-46H2,1-2H3,(H,51,55)/b28-26+,36-34+,44-42+. The van der Waals surface area contributed by atoms with E-state index in [1.807, 2.05) is 6.08 Å². The van der Waals surface area contributed by atoms with Crippen molar-refractivity contribution in [3.05, 3.63) is 36.5 Å². The summed E-state index contributed by atoms with van der Waals surface area (Å²) in [6.45, 7) is 4.22. The second kappa shape index (κ2) is 45.3. The van der Waals surface area contributed by atoms with Gasteiger partial charge in [0.1, 0.15) is 0 Å².